The Morgan fingerprint density at radius 3 is 2.58 bits per heavy atom. The van der Waals surface area contributed by atoms with Gasteiger partial charge in [0, 0.05) is 6.42 Å². The van der Waals surface area contributed by atoms with Gasteiger partial charge in [0.05, 0.1) is 0 Å². The number of benzene rings is 1. The van der Waals surface area contributed by atoms with Crippen molar-refractivity contribution in [2.45, 2.75) is 19.0 Å². The largest absolute Gasteiger partial charge is 0.296 e. The highest BCUT2D eigenvalue weighted by atomic mass is 14.9. The molecule has 1 unspecified atom stereocenters. The molecule has 0 saturated heterocycles. The molecule has 0 aliphatic carbocycles. The lowest BCUT2D eigenvalue weighted by Gasteiger charge is -1.99. The summed E-state index contributed by atoms with van der Waals surface area (Å²) in [6, 6.07) is 10.1. The first-order valence-corrected chi connectivity index (χ1v) is 3.99. The van der Waals surface area contributed by atoms with Crippen LogP contribution in [0.15, 0.2) is 30.3 Å². The van der Waals surface area contributed by atoms with Crippen molar-refractivity contribution in [3.8, 4) is 0 Å². The van der Waals surface area contributed by atoms with Gasteiger partial charge >= 0.3 is 0 Å². The number of nitrogens with zero attached hydrogens (tertiary/aromatic N) is 1. The average Bonchev–Trinajstić information content (AvgIpc) is 2.16. The Balaban J connectivity index is 2.40. The summed E-state index contributed by atoms with van der Waals surface area (Å²) in [5, 5.41) is 0. The van der Waals surface area contributed by atoms with E-state index in [1.165, 1.54) is 5.56 Å². The van der Waals surface area contributed by atoms with E-state index < -0.39 is 0 Å². The summed E-state index contributed by atoms with van der Waals surface area (Å²) in [6.45, 7) is 6.67. The molecule has 0 spiro atoms. The van der Waals surface area contributed by atoms with Gasteiger partial charge in [0.1, 0.15) is 0 Å². The molecule has 1 aromatic carbocycles. The highest BCUT2D eigenvalue weighted by Crippen LogP contribution is 2.03. The predicted octanol–water partition coefficient (Wildman–Crippen LogP) is 1.82. The number of hydrogen-bond donors (Lipinski definition) is 1. The molecule has 2 nitrogen and oxygen atoms in total. The van der Waals surface area contributed by atoms with E-state index in [0.29, 0.717) is 0 Å². The summed E-state index contributed by atoms with van der Waals surface area (Å²) < 4.78 is 0. The van der Waals surface area contributed by atoms with E-state index in [2.05, 4.69) is 17.0 Å². The summed E-state index contributed by atoms with van der Waals surface area (Å²) in [6.07, 6.45) is 1.29. The maximum absolute atomic E-state index is 6.67. The summed E-state index contributed by atoms with van der Waals surface area (Å²) in [5.74, 6) is 0. The lowest BCUT2D eigenvalue weighted by Crippen LogP contribution is -2.15. The van der Waals surface area contributed by atoms with Crippen LogP contribution in [0.2, 0.25) is 0 Å². The second-order valence-electron chi connectivity index (χ2n) is 2.72. The highest BCUT2D eigenvalue weighted by molar-refractivity contribution is 5.14. The molecule has 1 aromatic rings. The number of hydrogen-bond acceptors (Lipinski definition) is 1. The van der Waals surface area contributed by atoms with Crippen LogP contribution < -0.4 is 5.73 Å². The Labute approximate surface area is 72.8 Å². The summed E-state index contributed by atoms with van der Waals surface area (Å²) in [5.41, 5.74) is 6.71. The second-order valence-corrected chi connectivity index (χ2v) is 2.72. The zero-order chi connectivity index (χ0) is 8.81. The topological polar surface area (TPSA) is 30.4 Å². The van der Waals surface area contributed by atoms with Crippen molar-refractivity contribution >= 4 is 0 Å². The molecule has 0 aliphatic heterocycles. The van der Waals surface area contributed by atoms with Gasteiger partial charge in [0.25, 0.3) is 6.17 Å². The van der Waals surface area contributed by atoms with Gasteiger partial charge in [-0.15, -0.1) is 0 Å². The van der Waals surface area contributed by atoms with Crippen molar-refractivity contribution in [3.05, 3.63) is 47.3 Å². The first-order valence-electron chi connectivity index (χ1n) is 3.99. The standard InChI is InChI=1S/C10H12N2/c1-12-10(11)8-7-9-5-3-2-4-6-9/h2-6,10H,7-8,11H2. The zero-order valence-corrected chi connectivity index (χ0v) is 6.90. The molecule has 0 radical (unpaired) electrons. The molecule has 0 aromatic heterocycles. The van der Waals surface area contributed by atoms with Crippen molar-refractivity contribution in [3.63, 3.8) is 0 Å². The van der Waals surface area contributed by atoms with Crippen molar-refractivity contribution in [1.29, 1.82) is 0 Å². The lowest BCUT2D eigenvalue weighted by atomic mass is 10.1. The van der Waals surface area contributed by atoms with Crippen LogP contribution in [0.4, 0.5) is 0 Å². The zero-order valence-electron chi connectivity index (χ0n) is 6.90. The Hall–Kier alpha value is -1.33. The van der Waals surface area contributed by atoms with Crippen molar-refractivity contribution < 1.29 is 0 Å². The molecule has 0 heterocycles. The molecule has 2 N–H and O–H groups in total. The van der Waals surface area contributed by atoms with E-state index in [1.54, 1.807) is 0 Å². The minimum atomic E-state index is -0.342. The van der Waals surface area contributed by atoms with E-state index in [1.807, 2.05) is 18.2 Å². The molecule has 1 rings (SSSR count). The van der Waals surface area contributed by atoms with Gasteiger partial charge in [-0.2, -0.15) is 0 Å². The third-order valence-corrected chi connectivity index (χ3v) is 1.74. The fraction of sp³-hybridized carbons (Fsp3) is 0.300. The molecule has 0 bridgehead atoms. The first-order chi connectivity index (χ1) is 5.83. The van der Waals surface area contributed by atoms with E-state index >= 15 is 0 Å². The highest BCUT2D eigenvalue weighted by Gasteiger charge is 2.03. The van der Waals surface area contributed by atoms with E-state index in [0.717, 1.165) is 12.8 Å². The van der Waals surface area contributed by atoms with Crippen LogP contribution in [0.5, 0.6) is 0 Å². The molecule has 0 aliphatic rings. The molecule has 0 saturated carbocycles. The Morgan fingerprint density at radius 2 is 2.00 bits per heavy atom. The Bertz CT molecular complexity index is 261. The summed E-state index contributed by atoms with van der Waals surface area (Å²) in [7, 11) is 0. The first kappa shape index (κ1) is 8.76. The molecule has 1 atom stereocenters. The van der Waals surface area contributed by atoms with Crippen LogP contribution in [0.1, 0.15) is 12.0 Å². The van der Waals surface area contributed by atoms with Crippen LogP contribution in [-0.4, -0.2) is 6.17 Å². The average molecular weight is 160 g/mol. The van der Waals surface area contributed by atoms with Gasteiger partial charge in [-0.3, -0.25) is 10.6 Å². The van der Waals surface area contributed by atoms with Crippen LogP contribution in [-0.2, 0) is 6.42 Å². The number of rotatable bonds is 3. The maximum atomic E-state index is 6.67. The summed E-state index contributed by atoms with van der Waals surface area (Å²) in [4.78, 5) is 3.23. The normalized spacial score (nSPS) is 12.0. The van der Waals surface area contributed by atoms with E-state index in [4.69, 9.17) is 12.3 Å². The Kier molecular flexibility index (Phi) is 3.31. The van der Waals surface area contributed by atoms with E-state index in [9.17, 15) is 0 Å². The van der Waals surface area contributed by atoms with Gasteiger partial charge < -0.3 is 0 Å². The quantitative estimate of drug-likeness (QED) is 0.672. The molecular weight excluding hydrogens is 148 g/mol. The fourth-order valence-electron chi connectivity index (χ4n) is 1.02. The lowest BCUT2D eigenvalue weighted by molar-refractivity contribution is 0.717. The fourth-order valence-corrected chi connectivity index (χ4v) is 1.02. The van der Waals surface area contributed by atoms with Crippen LogP contribution in [0.3, 0.4) is 0 Å². The van der Waals surface area contributed by atoms with Crippen molar-refractivity contribution in [2.24, 2.45) is 5.73 Å². The minimum absolute atomic E-state index is 0.342. The molecule has 0 fully saturated rings. The van der Waals surface area contributed by atoms with Gasteiger partial charge in [0.15, 0.2) is 0 Å². The van der Waals surface area contributed by atoms with Gasteiger partial charge in [-0.05, 0) is 12.0 Å². The second kappa shape index (κ2) is 4.53. The monoisotopic (exact) mass is 160 g/mol. The number of aryl methyl sites for hydroxylation is 1. The van der Waals surface area contributed by atoms with Crippen molar-refractivity contribution in [1.82, 2.24) is 0 Å². The van der Waals surface area contributed by atoms with Crippen LogP contribution >= 0.6 is 0 Å². The predicted molar refractivity (Wildman–Crippen MR) is 49.3 cm³/mol. The minimum Gasteiger partial charge on any atom is -0.296 e. The van der Waals surface area contributed by atoms with Gasteiger partial charge in [-0.25, -0.2) is 6.57 Å². The molecule has 2 heteroatoms. The Morgan fingerprint density at radius 1 is 1.33 bits per heavy atom. The van der Waals surface area contributed by atoms with Crippen LogP contribution in [0.25, 0.3) is 4.85 Å². The smallest absolute Gasteiger partial charge is 0.275 e. The number of nitrogens with two attached hydrogens (primary N) is 1. The van der Waals surface area contributed by atoms with Crippen LogP contribution in [0, 0.1) is 6.57 Å². The van der Waals surface area contributed by atoms with E-state index in [-0.39, 0.29) is 6.17 Å². The summed E-state index contributed by atoms with van der Waals surface area (Å²) >= 11 is 0. The van der Waals surface area contributed by atoms with Gasteiger partial charge in [0.2, 0.25) is 0 Å². The molecule has 62 valence electrons. The molecular formula is C10H12N2. The van der Waals surface area contributed by atoms with Gasteiger partial charge in [-0.1, -0.05) is 30.3 Å². The van der Waals surface area contributed by atoms with Crippen molar-refractivity contribution in [2.75, 3.05) is 0 Å². The molecule has 12 heavy (non-hydrogen) atoms. The maximum Gasteiger partial charge on any atom is 0.275 e. The molecule has 0 amide bonds. The SMILES string of the molecule is [C-]#[N+]C(N)CCc1ccccc1. The third kappa shape index (κ3) is 2.73. The third-order valence-electron chi connectivity index (χ3n) is 1.74.